The lowest BCUT2D eigenvalue weighted by atomic mass is 10.1. The summed E-state index contributed by atoms with van der Waals surface area (Å²) >= 11 is 0. The third-order valence-electron chi connectivity index (χ3n) is 4.43. The number of carbonyl (C=O) groups is 1. The number of ether oxygens (including phenoxy) is 2. The van der Waals surface area contributed by atoms with Crippen LogP contribution in [0.4, 0.5) is 17.6 Å². The van der Waals surface area contributed by atoms with Gasteiger partial charge in [-0.1, -0.05) is 12.1 Å². The molecule has 2 aromatic carbocycles. The van der Waals surface area contributed by atoms with Gasteiger partial charge in [0.2, 0.25) is 17.4 Å². The van der Waals surface area contributed by atoms with Gasteiger partial charge in [0.25, 0.3) is 0 Å². The Balaban J connectivity index is 1.83. The highest BCUT2D eigenvalue weighted by Crippen LogP contribution is 2.29. The van der Waals surface area contributed by atoms with Crippen LogP contribution in [-0.2, 0) is 13.7 Å². The molecule has 1 heterocycles. The van der Waals surface area contributed by atoms with Crippen molar-refractivity contribution in [3.63, 3.8) is 0 Å². The topological polar surface area (TPSA) is 53.3 Å². The molecule has 0 aliphatic heterocycles. The van der Waals surface area contributed by atoms with Crippen LogP contribution >= 0.6 is 0 Å². The smallest absolute Gasteiger partial charge is 0.203 e. The first-order valence-corrected chi connectivity index (χ1v) is 9.07. The van der Waals surface area contributed by atoms with E-state index in [1.165, 1.54) is 23.9 Å². The molecule has 0 radical (unpaired) electrons. The zero-order chi connectivity index (χ0) is 22.7. The first kappa shape index (κ1) is 22.1. The highest BCUT2D eigenvalue weighted by molar-refractivity contribution is 6.05. The summed E-state index contributed by atoms with van der Waals surface area (Å²) in [6, 6.07) is 6.54. The molecular formula is C22H18F4N2O3. The van der Waals surface area contributed by atoms with Crippen molar-refractivity contribution in [1.29, 1.82) is 0 Å². The van der Waals surface area contributed by atoms with Gasteiger partial charge >= 0.3 is 0 Å². The fourth-order valence-electron chi connectivity index (χ4n) is 2.94. The van der Waals surface area contributed by atoms with E-state index in [1.807, 2.05) is 0 Å². The van der Waals surface area contributed by atoms with Gasteiger partial charge in [0.1, 0.15) is 18.1 Å². The average molecular weight is 434 g/mol. The number of nitrogens with zero attached hydrogens (tertiary/aromatic N) is 2. The Morgan fingerprint density at radius 3 is 2.35 bits per heavy atom. The summed E-state index contributed by atoms with van der Waals surface area (Å²) in [5.74, 6) is -7.51. The number of allylic oxidation sites excluding steroid dienone is 1. The lowest BCUT2D eigenvalue weighted by Crippen LogP contribution is -2.05. The molecule has 0 saturated heterocycles. The third kappa shape index (κ3) is 4.76. The Hall–Kier alpha value is -3.62. The molecule has 0 saturated carbocycles. The molecule has 1 aromatic heterocycles. The molecule has 0 atom stereocenters. The molecule has 0 bridgehead atoms. The van der Waals surface area contributed by atoms with Crippen molar-refractivity contribution >= 4 is 11.9 Å². The van der Waals surface area contributed by atoms with Crippen molar-refractivity contribution in [3.8, 4) is 11.5 Å². The zero-order valence-corrected chi connectivity index (χ0v) is 16.9. The number of methoxy groups -OCH3 is 1. The number of hydrogen-bond donors (Lipinski definition) is 0. The van der Waals surface area contributed by atoms with Crippen molar-refractivity contribution in [2.75, 3.05) is 7.11 Å². The van der Waals surface area contributed by atoms with Crippen LogP contribution in [0.25, 0.3) is 6.08 Å². The molecule has 3 aromatic rings. The van der Waals surface area contributed by atoms with Crippen molar-refractivity contribution in [2.45, 2.75) is 13.5 Å². The van der Waals surface area contributed by atoms with Gasteiger partial charge in [-0.05, 0) is 36.8 Å². The van der Waals surface area contributed by atoms with Crippen LogP contribution in [0.15, 0.2) is 36.4 Å². The van der Waals surface area contributed by atoms with Crippen molar-refractivity contribution < 1.29 is 31.8 Å². The molecule has 0 amide bonds. The SMILES string of the molecule is COc1ccc(/C=C/C(=O)c2cc(C)nn2C)cc1COc1c(F)c(F)cc(F)c1F. The maximum atomic E-state index is 13.8. The highest BCUT2D eigenvalue weighted by atomic mass is 19.2. The predicted octanol–water partition coefficient (Wildman–Crippen LogP) is 4.77. The van der Waals surface area contributed by atoms with Gasteiger partial charge in [-0.25, -0.2) is 8.78 Å². The predicted molar refractivity (Wildman–Crippen MR) is 105 cm³/mol. The zero-order valence-electron chi connectivity index (χ0n) is 16.9. The fourth-order valence-corrected chi connectivity index (χ4v) is 2.94. The van der Waals surface area contributed by atoms with E-state index >= 15 is 0 Å². The van der Waals surface area contributed by atoms with Crippen LogP contribution in [0.5, 0.6) is 11.5 Å². The van der Waals surface area contributed by atoms with Crippen molar-refractivity contribution in [2.24, 2.45) is 7.05 Å². The monoisotopic (exact) mass is 434 g/mol. The van der Waals surface area contributed by atoms with E-state index in [9.17, 15) is 22.4 Å². The lowest BCUT2D eigenvalue weighted by Gasteiger charge is -2.13. The Kier molecular flexibility index (Phi) is 6.43. The molecule has 5 nitrogen and oxygen atoms in total. The minimum atomic E-state index is -1.63. The first-order chi connectivity index (χ1) is 14.7. The second-order valence-corrected chi connectivity index (χ2v) is 6.65. The number of rotatable bonds is 7. The summed E-state index contributed by atoms with van der Waals surface area (Å²) in [7, 11) is 3.04. The summed E-state index contributed by atoms with van der Waals surface area (Å²) in [5.41, 5.74) is 2.02. The number of carbonyl (C=O) groups excluding carboxylic acids is 1. The standard InChI is InChI=1S/C22H18F4N2O3/c1-12-8-17(28(2)27-12)18(29)6-4-13-5-7-19(30-3)14(9-13)11-31-22-20(25)15(23)10-16(24)21(22)26/h4-10H,11H2,1-3H3/b6-4+. The lowest BCUT2D eigenvalue weighted by molar-refractivity contribution is 0.103. The van der Waals surface area contributed by atoms with Gasteiger partial charge in [0, 0.05) is 18.7 Å². The molecule has 162 valence electrons. The average Bonchev–Trinajstić information content (AvgIpc) is 3.08. The van der Waals surface area contributed by atoms with E-state index < -0.39 is 35.6 Å². The van der Waals surface area contributed by atoms with Crippen LogP contribution in [0, 0.1) is 30.2 Å². The minimum Gasteiger partial charge on any atom is -0.496 e. The normalized spacial score (nSPS) is 11.2. The van der Waals surface area contributed by atoms with Gasteiger partial charge in [-0.3, -0.25) is 9.48 Å². The molecule has 0 N–H and O–H groups in total. The van der Waals surface area contributed by atoms with Gasteiger partial charge < -0.3 is 9.47 Å². The molecule has 9 heteroatoms. The van der Waals surface area contributed by atoms with E-state index in [4.69, 9.17) is 9.47 Å². The van der Waals surface area contributed by atoms with Crippen LogP contribution < -0.4 is 9.47 Å². The van der Waals surface area contributed by atoms with E-state index in [2.05, 4.69) is 5.10 Å². The van der Waals surface area contributed by atoms with Gasteiger partial charge in [0.15, 0.2) is 17.4 Å². The van der Waals surface area contributed by atoms with Crippen molar-refractivity contribution in [1.82, 2.24) is 9.78 Å². The van der Waals surface area contributed by atoms with Gasteiger partial charge in [-0.15, -0.1) is 0 Å². The molecule has 0 aliphatic carbocycles. The molecule has 0 unspecified atom stereocenters. The minimum absolute atomic E-state index is 0.101. The van der Waals surface area contributed by atoms with Crippen LogP contribution in [0.1, 0.15) is 27.3 Å². The van der Waals surface area contributed by atoms with Gasteiger partial charge in [-0.2, -0.15) is 13.9 Å². The molecule has 0 aliphatic rings. The van der Waals surface area contributed by atoms with E-state index in [1.54, 1.807) is 38.2 Å². The fraction of sp³-hybridized carbons (Fsp3) is 0.182. The Bertz CT molecular complexity index is 1150. The van der Waals surface area contributed by atoms with E-state index in [0.717, 1.165) is 0 Å². The molecule has 3 rings (SSSR count). The van der Waals surface area contributed by atoms with Crippen LogP contribution in [0.3, 0.4) is 0 Å². The number of ketones is 1. The molecule has 0 spiro atoms. The second kappa shape index (κ2) is 9.03. The number of halogens is 4. The number of aromatic nitrogens is 2. The first-order valence-electron chi connectivity index (χ1n) is 9.07. The Morgan fingerprint density at radius 1 is 1.10 bits per heavy atom. The Morgan fingerprint density at radius 2 is 1.77 bits per heavy atom. The van der Waals surface area contributed by atoms with Crippen molar-refractivity contribution in [3.05, 3.63) is 82.2 Å². The number of hydrogen-bond acceptors (Lipinski definition) is 4. The molecular weight excluding hydrogens is 416 g/mol. The highest BCUT2D eigenvalue weighted by Gasteiger charge is 2.21. The summed E-state index contributed by atoms with van der Waals surface area (Å²) in [4.78, 5) is 12.4. The number of aryl methyl sites for hydroxylation is 2. The van der Waals surface area contributed by atoms with Crippen LogP contribution in [0.2, 0.25) is 0 Å². The third-order valence-corrected chi connectivity index (χ3v) is 4.43. The maximum Gasteiger partial charge on any atom is 0.203 e. The summed E-state index contributed by atoms with van der Waals surface area (Å²) in [6.45, 7) is 1.34. The van der Waals surface area contributed by atoms with Crippen LogP contribution in [-0.4, -0.2) is 22.7 Å². The van der Waals surface area contributed by atoms with E-state index in [0.29, 0.717) is 28.3 Å². The number of benzene rings is 2. The summed E-state index contributed by atoms with van der Waals surface area (Å²) < 4.78 is 66.0. The second-order valence-electron chi connectivity index (χ2n) is 6.65. The molecule has 0 fully saturated rings. The molecule has 31 heavy (non-hydrogen) atoms. The summed E-state index contributed by atoms with van der Waals surface area (Å²) in [6.07, 6.45) is 2.89. The Labute approximate surface area is 175 Å². The summed E-state index contributed by atoms with van der Waals surface area (Å²) in [5, 5.41) is 4.12. The van der Waals surface area contributed by atoms with E-state index in [-0.39, 0.29) is 11.8 Å². The maximum absolute atomic E-state index is 13.8. The van der Waals surface area contributed by atoms with Gasteiger partial charge in [0.05, 0.1) is 12.8 Å². The quantitative estimate of drug-likeness (QED) is 0.233. The largest absolute Gasteiger partial charge is 0.496 e.